The molecule has 0 rings (SSSR count). The molecule has 0 atom stereocenters. The van der Waals surface area contributed by atoms with E-state index >= 15 is 0 Å². The largest absolute Gasteiger partial charge is 0.316 e. The number of carbonyl (C=O) groups excluding carboxylic acids is 1. The summed E-state index contributed by atoms with van der Waals surface area (Å²) in [5, 5.41) is 7.87. The van der Waals surface area contributed by atoms with Crippen LogP contribution in [0.2, 0.25) is 0 Å². The van der Waals surface area contributed by atoms with Gasteiger partial charge in [0.2, 0.25) is 5.91 Å². The Morgan fingerprint density at radius 1 is 1.64 bits per heavy atom. The van der Waals surface area contributed by atoms with Gasteiger partial charge in [-0.2, -0.15) is 5.10 Å². The molecule has 62 valence electrons. The predicted molar refractivity (Wildman–Crippen MR) is 44.9 cm³/mol. The molecule has 0 aliphatic rings. The molecule has 0 radical (unpaired) electrons. The van der Waals surface area contributed by atoms with Crippen LogP contribution in [0, 0.1) is 0 Å². The Bertz CT molecular complexity index is 175. The third-order valence-corrected chi connectivity index (χ3v) is 0.872. The fraction of sp³-hybridized carbons (Fsp3) is 0.429. The molecule has 0 saturated carbocycles. The standard InChI is InChI=1S/C7H13N3O/c1-4-5-10(3)9-6-8-7(2)11/h4-6H,1-3H3,(H,8,9,11)/b5-4-. The van der Waals surface area contributed by atoms with Crippen LogP contribution in [0.1, 0.15) is 13.8 Å². The van der Waals surface area contributed by atoms with Crippen molar-refractivity contribution in [3.8, 4) is 0 Å². The average Bonchev–Trinajstić information content (AvgIpc) is 1.87. The summed E-state index contributed by atoms with van der Waals surface area (Å²) in [6.07, 6.45) is 4.98. The summed E-state index contributed by atoms with van der Waals surface area (Å²) >= 11 is 0. The van der Waals surface area contributed by atoms with Gasteiger partial charge >= 0.3 is 0 Å². The van der Waals surface area contributed by atoms with Gasteiger partial charge in [0.05, 0.1) is 0 Å². The zero-order chi connectivity index (χ0) is 8.69. The first-order valence-electron chi connectivity index (χ1n) is 3.32. The molecule has 1 N–H and O–H groups in total. The summed E-state index contributed by atoms with van der Waals surface area (Å²) in [5.41, 5.74) is 0. The van der Waals surface area contributed by atoms with Crippen LogP contribution in [-0.2, 0) is 4.79 Å². The first-order valence-corrected chi connectivity index (χ1v) is 3.32. The topological polar surface area (TPSA) is 44.7 Å². The van der Waals surface area contributed by atoms with Gasteiger partial charge in [-0.05, 0) is 6.92 Å². The Labute approximate surface area is 66.6 Å². The molecule has 4 heteroatoms. The first kappa shape index (κ1) is 9.68. The Morgan fingerprint density at radius 3 is 2.73 bits per heavy atom. The maximum absolute atomic E-state index is 10.3. The Morgan fingerprint density at radius 2 is 2.27 bits per heavy atom. The number of nitrogens with one attached hydrogen (secondary N) is 1. The minimum absolute atomic E-state index is 0.123. The highest BCUT2D eigenvalue weighted by atomic mass is 16.1. The molecular formula is C7H13N3O. The maximum atomic E-state index is 10.3. The third kappa shape index (κ3) is 6.57. The number of amides is 1. The van der Waals surface area contributed by atoms with Crippen molar-refractivity contribution in [3.05, 3.63) is 12.3 Å². The smallest absolute Gasteiger partial charge is 0.221 e. The van der Waals surface area contributed by atoms with E-state index < -0.39 is 0 Å². The van der Waals surface area contributed by atoms with Crippen molar-refractivity contribution in [3.63, 3.8) is 0 Å². The number of allylic oxidation sites excluding steroid dienone is 1. The summed E-state index contributed by atoms with van der Waals surface area (Å²) in [4.78, 5) is 10.3. The molecule has 0 aromatic carbocycles. The van der Waals surface area contributed by atoms with Crippen molar-refractivity contribution in [2.45, 2.75) is 13.8 Å². The van der Waals surface area contributed by atoms with Crippen LogP contribution in [0.5, 0.6) is 0 Å². The highest BCUT2D eigenvalue weighted by Gasteiger charge is 1.83. The van der Waals surface area contributed by atoms with Crippen LogP contribution in [0.25, 0.3) is 0 Å². The fourth-order valence-corrected chi connectivity index (χ4v) is 0.465. The SMILES string of the molecule is C/C=C\N(C)/N=C/NC(C)=O. The van der Waals surface area contributed by atoms with Crippen LogP contribution >= 0.6 is 0 Å². The van der Waals surface area contributed by atoms with Gasteiger partial charge in [-0.25, -0.2) is 0 Å². The summed E-state index contributed by atoms with van der Waals surface area (Å²) < 4.78 is 0. The Kier molecular flexibility index (Phi) is 4.81. The number of rotatable bonds is 3. The lowest BCUT2D eigenvalue weighted by molar-refractivity contribution is -0.117. The zero-order valence-corrected chi connectivity index (χ0v) is 7.03. The number of hydrazone groups is 1. The van der Waals surface area contributed by atoms with Crippen LogP contribution in [-0.4, -0.2) is 24.3 Å². The highest BCUT2D eigenvalue weighted by Crippen LogP contribution is 1.81. The van der Waals surface area contributed by atoms with Gasteiger partial charge in [-0.3, -0.25) is 9.80 Å². The average molecular weight is 155 g/mol. The maximum Gasteiger partial charge on any atom is 0.221 e. The van der Waals surface area contributed by atoms with Crippen molar-refractivity contribution >= 4 is 12.2 Å². The monoisotopic (exact) mass is 155 g/mol. The molecule has 0 aliphatic carbocycles. The Hall–Kier alpha value is -1.32. The summed E-state index contributed by atoms with van der Waals surface area (Å²) in [5.74, 6) is -0.123. The molecule has 0 aliphatic heterocycles. The Balaban J connectivity index is 3.64. The number of carbonyl (C=O) groups is 1. The second-order valence-electron chi connectivity index (χ2n) is 2.00. The molecule has 0 heterocycles. The van der Waals surface area contributed by atoms with Crippen molar-refractivity contribution in [1.82, 2.24) is 10.3 Å². The van der Waals surface area contributed by atoms with E-state index in [9.17, 15) is 4.79 Å². The van der Waals surface area contributed by atoms with E-state index in [2.05, 4.69) is 10.4 Å². The normalized spacial score (nSPS) is 10.8. The van der Waals surface area contributed by atoms with Crippen molar-refractivity contribution in [2.24, 2.45) is 5.10 Å². The molecule has 0 aromatic heterocycles. The molecular weight excluding hydrogens is 142 g/mol. The molecule has 0 saturated heterocycles. The summed E-state index contributed by atoms with van der Waals surface area (Å²) in [7, 11) is 1.78. The van der Waals surface area contributed by atoms with E-state index in [-0.39, 0.29) is 5.91 Å². The van der Waals surface area contributed by atoms with Crippen LogP contribution in [0.4, 0.5) is 0 Å². The lowest BCUT2D eigenvalue weighted by Gasteiger charge is -2.03. The zero-order valence-electron chi connectivity index (χ0n) is 7.03. The van der Waals surface area contributed by atoms with E-state index in [1.165, 1.54) is 13.3 Å². The minimum Gasteiger partial charge on any atom is -0.316 e. The van der Waals surface area contributed by atoms with Gasteiger partial charge in [-0.1, -0.05) is 6.08 Å². The summed E-state index contributed by atoms with van der Waals surface area (Å²) in [6, 6.07) is 0. The molecule has 4 nitrogen and oxygen atoms in total. The van der Waals surface area contributed by atoms with Gasteiger partial charge < -0.3 is 5.32 Å². The highest BCUT2D eigenvalue weighted by molar-refractivity contribution is 5.85. The van der Waals surface area contributed by atoms with E-state index in [4.69, 9.17) is 0 Å². The van der Waals surface area contributed by atoms with E-state index in [1.807, 2.05) is 13.0 Å². The number of nitrogens with zero attached hydrogens (tertiary/aromatic N) is 2. The summed E-state index contributed by atoms with van der Waals surface area (Å²) in [6.45, 7) is 3.33. The van der Waals surface area contributed by atoms with E-state index in [0.717, 1.165) is 0 Å². The quantitative estimate of drug-likeness (QED) is 0.367. The molecule has 0 bridgehead atoms. The van der Waals surface area contributed by atoms with Gasteiger partial charge in [0.15, 0.2) is 0 Å². The predicted octanol–water partition coefficient (Wildman–Crippen LogP) is 0.531. The molecule has 0 spiro atoms. The first-order chi connectivity index (χ1) is 5.16. The van der Waals surface area contributed by atoms with Crippen molar-refractivity contribution in [1.29, 1.82) is 0 Å². The van der Waals surface area contributed by atoms with Crippen LogP contribution < -0.4 is 5.32 Å². The molecule has 11 heavy (non-hydrogen) atoms. The number of hydrogen-bond acceptors (Lipinski definition) is 3. The van der Waals surface area contributed by atoms with Crippen molar-refractivity contribution in [2.75, 3.05) is 7.05 Å². The van der Waals surface area contributed by atoms with Gasteiger partial charge in [0.25, 0.3) is 0 Å². The van der Waals surface area contributed by atoms with Gasteiger partial charge in [-0.15, -0.1) is 0 Å². The van der Waals surface area contributed by atoms with E-state index in [0.29, 0.717) is 0 Å². The lowest BCUT2D eigenvalue weighted by atomic mass is 10.7. The van der Waals surface area contributed by atoms with E-state index in [1.54, 1.807) is 18.3 Å². The lowest BCUT2D eigenvalue weighted by Crippen LogP contribution is -2.19. The minimum atomic E-state index is -0.123. The van der Waals surface area contributed by atoms with Gasteiger partial charge in [0.1, 0.15) is 6.34 Å². The van der Waals surface area contributed by atoms with Gasteiger partial charge in [0, 0.05) is 20.2 Å². The third-order valence-electron chi connectivity index (χ3n) is 0.872. The number of hydrogen-bond donors (Lipinski definition) is 1. The molecule has 0 fully saturated rings. The van der Waals surface area contributed by atoms with Crippen LogP contribution in [0.3, 0.4) is 0 Å². The molecule has 0 unspecified atom stereocenters. The molecule has 1 amide bonds. The van der Waals surface area contributed by atoms with Crippen LogP contribution in [0.15, 0.2) is 17.4 Å². The molecule has 0 aromatic rings. The van der Waals surface area contributed by atoms with Crippen molar-refractivity contribution < 1.29 is 4.79 Å². The second kappa shape index (κ2) is 5.46. The fourth-order valence-electron chi connectivity index (χ4n) is 0.465. The second-order valence-corrected chi connectivity index (χ2v) is 2.00.